The summed E-state index contributed by atoms with van der Waals surface area (Å²) >= 11 is 0. The molecule has 100 valence electrons. The lowest BCUT2D eigenvalue weighted by atomic mass is 9.92. The predicted octanol–water partition coefficient (Wildman–Crippen LogP) is 2.85. The van der Waals surface area contributed by atoms with Gasteiger partial charge in [-0.25, -0.2) is 9.97 Å². The summed E-state index contributed by atoms with van der Waals surface area (Å²) < 4.78 is 0. The van der Waals surface area contributed by atoms with Gasteiger partial charge in [-0.1, -0.05) is 6.92 Å². The largest absolute Gasteiger partial charge is 0.370 e. The maximum atomic E-state index is 4.68. The second-order valence-corrected chi connectivity index (χ2v) is 5.00. The Labute approximate surface area is 110 Å². The zero-order valence-corrected chi connectivity index (χ0v) is 11.7. The van der Waals surface area contributed by atoms with Crippen molar-refractivity contribution in [2.45, 2.75) is 52.0 Å². The Morgan fingerprint density at radius 1 is 1.33 bits per heavy atom. The van der Waals surface area contributed by atoms with Crippen LogP contribution >= 0.6 is 0 Å². The zero-order valence-electron chi connectivity index (χ0n) is 11.7. The van der Waals surface area contributed by atoms with Crippen LogP contribution in [0.5, 0.6) is 0 Å². The summed E-state index contributed by atoms with van der Waals surface area (Å²) in [5.41, 5.74) is 0. The molecule has 1 N–H and O–H groups in total. The smallest absolute Gasteiger partial charge is 0.134 e. The number of rotatable bonds is 6. The molecule has 1 heterocycles. The summed E-state index contributed by atoms with van der Waals surface area (Å²) in [5, 5.41) is 3.30. The van der Waals surface area contributed by atoms with Gasteiger partial charge in [0.1, 0.15) is 17.5 Å². The summed E-state index contributed by atoms with van der Waals surface area (Å²) in [4.78, 5) is 11.5. The SMILES string of the molecule is CCCc1nc(NCC)cc(N(C)C2CCC2)n1. The first kappa shape index (κ1) is 13.1. The van der Waals surface area contributed by atoms with Gasteiger partial charge in [-0.3, -0.25) is 0 Å². The van der Waals surface area contributed by atoms with Crippen LogP contribution < -0.4 is 10.2 Å². The molecule has 2 rings (SSSR count). The Bertz CT molecular complexity index is 363. The van der Waals surface area contributed by atoms with E-state index in [0.29, 0.717) is 6.04 Å². The number of hydrogen-bond donors (Lipinski definition) is 1. The molecule has 1 aromatic rings. The summed E-state index contributed by atoms with van der Waals surface area (Å²) in [5.74, 6) is 2.98. The third kappa shape index (κ3) is 2.92. The molecular weight excluding hydrogens is 224 g/mol. The lowest BCUT2D eigenvalue weighted by Gasteiger charge is -2.35. The van der Waals surface area contributed by atoms with Gasteiger partial charge < -0.3 is 10.2 Å². The Morgan fingerprint density at radius 3 is 2.67 bits per heavy atom. The molecule has 0 aromatic carbocycles. The predicted molar refractivity (Wildman–Crippen MR) is 76.2 cm³/mol. The van der Waals surface area contributed by atoms with E-state index in [4.69, 9.17) is 0 Å². The summed E-state index contributed by atoms with van der Waals surface area (Å²) in [7, 11) is 2.15. The van der Waals surface area contributed by atoms with Crippen molar-refractivity contribution in [2.24, 2.45) is 0 Å². The van der Waals surface area contributed by atoms with Crippen LogP contribution in [-0.2, 0) is 6.42 Å². The molecule has 0 atom stereocenters. The standard InChI is InChI=1S/C14H24N4/c1-4-7-12-16-13(15-5-2)10-14(17-12)18(3)11-8-6-9-11/h10-11H,4-9H2,1-3H3,(H,15,16,17). The summed E-state index contributed by atoms with van der Waals surface area (Å²) in [6, 6.07) is 2.74. The molecule has 1 aliphatic rings. The fourth-order valence-corrected chi connectivity index (χ4v) is 2.23. The molecule has 0 saturated heterocycles. The van der Waals surface area contributed by atoms with E-state index in [1.807, 2.05) is 0 Å². The number of hydrogen-bond acceptors (Lipinski definition) is 4. The Kier molecular flexibility index (Phi) is 4.39. The van der Waals surface area contributed by atoms with Gasteiger partial charge in [0, 0.05) is 32.1 Å². The molecule has 1 fully saturated rings. The Hall–Kier alpha value is -1.32. The quantitative estimate of drug-likeness (QED) is 0.840. The summed E-state index contributed by atoms with van der Waals surface area (Å²) in [6.45, 7) is 5.16. The molecule has 1 aliphatic carbocycles. The van der Waals surface area contributed by atoms with Gasteiger partial charge in [0.2, 0.25) is 0 Å². The monoisotopic (exact) mass is 248 g/mol. The summed E-state index contributed by atoms with van der Waals surface area (Å²) in [6.07, 6.45) is 5.97. The van der Waals surface area contributed by atoms with Gasteiger partial charge in [0.25, 0.3) is 0 Å². The van der Waals surface area contributed by atoms with Gasteiger partial charge in [-0.2, -0.15) is 0 Å². The molecular formula is C14H24N4. The Morgan fingerprint density at radius 2 is 2.11 bits per heavy atom. The topological polar surface area (TPSA) is 41.1 Å². The van der Waals surface area contributed by atoms with Crippen molar-refractivity contribution in [1.29, 1.82) is 0 Å². The minimum atomic E-state index is 0.670. The normalized spacial score (nSPS) is 15.3. The maximum Gasteiger partial charge on any atom is 0.134 e. The first-order chi connectivity index (χ1) is 8.74. The second kappa shape index (κ2) is 6.03. The molecule has 0 aliphatic heterocycles. The third-order valence-electron chi connectivity index (χ3n) is 3.57. The first-order valence-corrected chi connectivity index (χ1v) is 7.09. The highest BCUT2D eigenvalue weighted by atomic mass is 15.2. The average molecular weight is 248 g/mol. The maximum absolute atomic E-state index is 4.68. The minimum absolute atomic E-state index is 0.670. The van der Waals surface area contributed by atoms with E-state index in [1.54, 1.807) is 0 Å². The van der Waals surface area contributed by atoms with E-state index in [2.05, 4.69) is 47.1 Å². The molecule has 4 heteroatoms. The second-order valence-electron chi connectivity index (χ2n) is 5.00. The molecule has 0 unspecified atom stereocenters. The molecule has 1 aromatic heterocycles. The average Bonchev–Trinajstić information content (AvgIpc) is 2.27. The zero-order chi connectivity index (χ0) is 13.0. The first-order valence-electron chi connectivity index (χ1n) is 7.09. The number of nitrogens with zero attached hydrogens (tertiary/aromatic N) is 3. The van der Waals surface area contributed by atoms with Gasteiger partial charge in [0.15, 0.2) is 0 Å². The molecule has 1 saturated carbocycles. The highest BCUT2D eigenvalue weighted by Crippen LogP contribution is 2.28. The van der Waals surface area contributed by atoms with E-state index < -0.39 is 0 Å². The minimum Gasteiger partial charge on any atom is -0.370 e. The van der Waals surface area contributed by atoms with Crippen molar-refractivity contribution < 1.29 is 0 Å². The van der Waals surface area contributed by atoms with E-state index in [-0.39, 0.29) is 0 Å². The fourth-order valence-electron chi connectivity index (χ4n) is 2.23. The molecule has 4 nitrogen and oxygen atoms in total. The van der Waals surface area contributed by atoms with Crippen LogP contribution in [0.2, 0.25) is 0 Å². The highest BCUT2D eigenvalue weighted by Gasteiger charge is 2.23. The van der Waals surface area contributed by atoms with E-state index in [0.717, 1.165) is 36.8 Å². The highest BCUT2D eigenvalue weighted by molar-refractivity contribution is 5.50. The van der Waals surface area contributed by atoms with Crippen molar-refractivity contribution in [3.63, 3.8) is 0 Å². The molecule has 0 spiro atoms. The van der Waals surface area contributed by atoms with Crippen molar-refractivity contribution in [3.8, 4) is 0 Å². The number of aryl methyl sites for hydroxylation is 1. The van der Waals surface area contributed by atoms with Crippen molar-refractivity contribution in [1.82, 2.24) is 9.97 Å². The van der Waals surface area contributed by atoms with E-state index in [9.17, 15) is 0 Å². The van der Waals surface area contributed by atoms with Crippen LogP contribution in [0.25, 0.3) is 0 Å². The van der Waals surface area contributed by atoms with Crippen LogP contribution in [0.4, 0.5) is 11.6 Å². The molecule has 0 bridgehead atoms. The van der Waals surface area contributed by atoms with Crippen molar-refractivity contribution in [3.05, 3.63) is 11.9 Å². The fraction of sp³-hybridized carbons (Fsp3) is 0.714. The number of nitrogens with one attached hydrogen (secondary N) is 1. The van der Waals surface area contributed by atoms with Gasteiger partial charge in [-0.15, -0.1) is 0 Å². The van der Waals surface area contributed by atoms with Gasteiger partial charge in [-0.05, 0) is 32.6 Å². The van der Waals surface area contributed by atoms with Crippen LogP contribution in [0, 0.1) is 0 Å². The molecule has 18 heavy (non-hydrogen) atoms. The lowest BCUT2D eigenvalue weighted by Crippen LogP contribution is -2.37. The van der Waals surface area contributed by atoms with Crippen LogP contribution in [0.15, 0.2) is 6.07 Å². The van der Waals surface area contributed by atoms with Crippen LogP contribution in [0.1, 0.15) is 45.4 Å². The van der Waals surface area contributed by atoms with Gasteiger partial charge >= 0.3 is 0 Å². The number of anilines is 2. The van der Waals surface area contributed by atoms with Gasteiger partial charge in [0.05, 0.1) is 0 Å². The van der Waals surface area contributed by atoms with E-state index >= 15 is 0 Å². The molecule has 0 amide bonds. The molecule has 0 radical (unpaired) electrons. The van der Waals surface area contributed by atoms with E-state index in [1.165, 1.54) is 19.3 Å². The van der Waals surface area contributed by atoms with Crippen molar-refractivity contribution >= 4 is 11.6 Å². The van der Waals surface area contributed by atoms with Crippen molar-refractivity contribution in [2.75, 3.05) is 23.8 Å². The number of aromatic nitrogens is 2. The lowest BCUT2D eigenvalue weighted by molar-refractivity contribution is 0.399. The van der Waals surface area contributed by atoms with Crippen LogP contribution in [0.3, 0.4) is 0 Å². The third-order valence-corrected chi connectivity index (χ3v) is 3.57. The Balaban J connectivity index is 2.20. The van der Waals surface area contributed by atoms with Crippen LogP contribution in [-0.4, -0.2) is 29.6 Å².